The molecule has 1 aromatic heterocycles. The van der Waals surface area contributed by atoms with Gasteiger partial charge in [-0.2, -0.15) is 0 Å². The molecule has 0 radical (unpaired) electrons. The fraction of sp³-hybridized carbons (Fsp3) is 0.444. The maximum absolute atomic E-state index is 4.05. The van der Waals surface area contributed by atoms with Crippen LogP contribution in [0.15, 0.2) is 23.9 Å². The van der Waals surface area contributed by atoms with Gasteiger partial charge in [-0.05, 0) is 13.5 Å². The standard InChI is InChI=1S/C9H14N2S/c1-4-11-9(7(2)3)8-5-10-6-12-8/h5-6,9,11H,2,4H2,1,3H3. The van der Waals surface area contributed by atoms with Crippen LogP contribution in [0, 0.1) is 0 Å². The summed E-state index contributed by atoms with van der Waals surface area (Å²) in [5.74, 6) is 0. The third kappa shape index (κ3) is 2.16. The van der Waals surface area contributed by atoms with E-state index in [1.807, 2.05) is 18.6 Å². The Labute approximate surface area is 77.3 Å². The minimum Gasteiger partial charge on any atom is -0.306 e. The molecule has 1 atom stereocenters. The molecule has 0 aliphatic rings. The lowest BCUT2D eigenvalue weighted by molar-refractivity contribution is 0.629. The lowest BCUT2D eigenvalue weighted by Gasteiger charge is -2.15. The molecule has 2 nitrogen and oxygen atoms in total. The second-order valence-electron chi connectivity index (χ2n) is 2.74. The van der Waals surface area contributed by atoms with E-state index < -0.39 is 0 Å². The minimum atomic E-state index is 0.280. The number of nitrogens with zero attached hydrogens (tertiary/aromatic N) is 1. The van der Waals surface area contributed by atoms with E-state index >= 15 is 0 Å². The van der Waals surface area contributed by atoms with Crippen molar-refractivity contribution in [3.63, 3.8) is 0 Å². The number of nitrogens with one attached hydrogen (secondary N) is 1. The van der Waals surface area contributed by atoms with Crippen LogP contribution >= 0.6 is 11.3 Å². The smallest absolute Gasteiger partial charge is 0.0794 e. The first-order chi connectivity index (χ1) is 5.75. The summed E-state index contributed by atoms with van der Waals surface area (Å²) in [6.07, 6.45) is 1.90. The van der Waals surface area contributed by atoms with Crippen molar-refractivity contribution in [1.82, 2.24) is 10.3 Å². The zero-order valence-electron chi connectivity index (χ0n) is 7.50. The van der Waals surface area contributed by atoms with Crippen LogP contribution in [0.2, 0.25) is 0 Å². The molecule has 1 heterocycles. The predicted molar refractivity (Wildman–Crippen MR) is 53.3 cm³/mol. The highest BCUT2D eigenvalue weighted by atomic mass is 32.1. The Morgan fingerprint density at radius 2 is 2.58 bits per heavy atom. The third-order valence-electron chi connectivity index (χ3n) is 1.64. The van der Waals surface area contributed by atoms with Crippen LogP contribution in [0.3, 0.4) is 0 Å². The van der Waals surface area contributed by atoms with Gasteiger partial charge in [0, 0.05) is 11.1 Å². The molecule has 0 aliphatic heterocycles. The number of rotatable bonds is 4. The van der Waals surface area contributed by atoms with Crippen molar-refractivity contribution >= 4 is 11.3 Å². The van der Waals surface area contributed by atoms with Crippen LogP contribution in [-0.4, -0.2) is 11.5 Å². The topological polar surface area (TPSA) is 24.9 Å². The van der Waals surface area contributed by atoms with Gasteiger partial charge in [-0.15, -0.1) is 11.3 Å². The van der Waals surface area contributed by atoms with Gasteiger partial charge < -0.3 is 5.32 Å². The fourth-order valence-electron chi connectivity index (χ4n) is 1.09. The number of thiazole rings is 1. The average molecular weight is 182 g/mol. The van der Waals surface area contributed by atoms with Crippen molar-refractivity contribution in [3.8, 4) is 0 Å². The van der Waals surface area contributed by atoms with Gasteiger partial charge in [0.1, 0.15) is 0 Å². The van der Waals surface area contributed by atoms with Gasteiger partial charge in [0.25, 0.3) is 0 Å². The van der Waals surface area contributed by atoms with E-state index in [4.69, 9.17) is 0 Å². The first-order valence-electron chi connectivity index (χ1n) is 4.03. The van der Waals surface area contributed by atoms with Crippen LogP contribution in [-0.2, 0) is 0 Å². The Hall–Kier alpha value is -0.670. The van der Waals surface area contributed by atoms with Crippen molar-refractivity contribution in [2.24, 2.45) is 0 Å². The molecular weight excluding hydrogens is 168 g/mol. The predicted octanol–water partition coefficient (Wildman–Crippen LogP) is 2.37. The molecule has 1 rings (SSSR count). The van der Waals surface area contributed by atoms with Crippen molar-refractivity contribution in [2.75, 3.05) is 6.54 Å². The SMILES string of the molecule is C=C(C)C(NCC)c1cncs1. The van der Waals surface area contributed by atoms with E-state index in [0.717, 1.165) is 12.1 Å². The normalized spacial score (nSPS) is 12.8. The lowest BCUT2D eigenvalue weighted by Crippen LogP contribution is -2.20. The largest absolute Gasteiger partial charge is 0.306 e. The van der Waals surface area contributed by atoms with Gasteiger partial charge in [-0.1, -0.05) is 19.1 Å². The average Bonchev–Trinajstić information content (AvgIpc) is 2.51. The Balaban J connectivity index is 2.73. The first kappa shape index (κ1) is 9.42. The number of aromatic nitrogens is 1. The van der Waals surface area contributed by atoms with Gasteiger partial charge in [0.05, 0.1) is 11.6 Å². The highest BCUT2D eigenvalue weighted by Crippen LogP contribution is 2.22. The second kappa shape index (κ2) is 4.38. The van der Waals surface area contributed by atoms with E-state index in [-0.39, 0.29) is 6.04 Å². The minimum absolute atomic E-state index is 0.280. The van der Waals surface area contributed by atoms with Crippen LogP contribution in [0.5, 0.6) is 0 Å². The van der Waals surface area contributed by atoms with Gasteiger partial charge in [-0.25, -0.2) is 0 Å². The second-order valence-corrected chi connectivity index (χ2v) is 3.66. The molecule has 0 amide bonds. The van der Waals surface area contributed by atoms with Gasteiger partial charge in [0.2, 0.25) is 0 Å². The quantitative estimate of drug-likeness (QED) is 0.723. The molecule has 66 valence electrons. The molecule has 0 saturated carbocycles. The molecule has 0 aromatic carbocycles. The first-order valence-corrected chi connectivity index (χ1v) is 4.90. The zero-order valence-corrected chi connectivity index (χ0v) is 8.32. The summed E-state index contributed by atoms with van der Waals surface area (Å²) < 4.78 is 0. The van der Waals surface area contributed by atoms with Gasteiger partial charge in [-0.3, -0.25) is 4.98 Å². The summed E-state index contributed by atoms with van der Waals surface area (Å²) in [7, 11) is 0. The molecule has 0 bridgehead atoms. The summed E-state index contributed by atoms with van der Waals surface area (Å²) in [6.45, 7) is 9.03. The highest BCUT2D eigenvalue weighted by Gasteiger charge is 2.11. The maximum Gasteiger partial charge on any atom is 0.0794 e. The summed E-state index contributed by atoms with van der Waals surface area (Å²) in [5, 5.41) is 3.36. The van der Waals surface area contributed by atoms with E-state index in [0.29, 0.717) is 0 Å². The third-order valence-corrected chi connectivity index (χ3v) is 2.48. The molecular formula is C9H14N2S. The van der Waals surface area contributed by atoms with E-state index in [1.165, 1.54) is 4.88 Å². The number of hydrogen-bond acceptors (Lipinski definition) is 3. The van der Waals surface area contributed by atoms with Crippen molar-refractivity contribution in [1.29, 1.82) is 0 Å². The van der Waals surface area contributed by atoms with Gasteiger partial charge >= 0.3 is 0 Å². The number of hydrogen-bond donors (Lipinski definition) is 1. The van der Waals surface area contributed by atoms with Crippen molar-refractivity contribution < 1.29 is 0 Å². The molecule has 1 N–H and O–H groups in total. The van der Waals surface area contributed by atoms with E-state index in [1.54, 1.807) is 11.3 Å². The van der Waals surface area contributed by atoms with Crippen molar-refractivity contribution in [3.05, 3.63) is 28.7 Å². The molecule has 1 unspecified atom stereocenters. The Bertz CT molecular complexity index is 241. The van der Waals surface area contributed by atoms with Crippen LogP contribution in [0.25, 0.3) is 0 Å². The summed E-state index contributed by atoms with van der Waals surface area (Å²) in [6, 6.07) is 0.280. The van der Waals surface area contributed by atoms with E-state index in [9.17, 15) is 0 Å². The molecule has 0 saturated heterocycles. The summed E-state index contributed by atoms with van der Waals surface area (Å²) in [5.41, 5.74) is 2.99. The fourth-order valence-corrected chi connectivity index (χ4v) is 1.88. The van der Waals surface area contributed by atoms with Crippen LogP contribution in [0.1, 0.15) is 24.8 Å². The van der Waals surface area contributed by atoms with Crippen LogP contribution in [0.4, 0.5) is 0 Å². The Morgan fingerprint density at radius 3 is 3.00 bits per heavy atom. The lowest BCUT2D eigenvalue weighted by atomic mass is 10.1. The number of likely N-dealkylation sites (N-methyl/N-ethyl adjacent to an activating group) is 1. The molecule has 0 spiro atoms. The van der Waals surface area contributed by atoms with Gasteiger partial charge in [0.15, 0.2) is 0 Å². The summed E-state index contributed by atoms with van der Waals surface area (Å²) in [4.78, 5) is 5.29. The monoisotopic (exact) mass is 182 g/mol. The molecule has 0 fully saturated rings. The van der Waals surface area contributed by atoms with Crippen molar-refractivity contribution in [2.45, 2.75) is 19.9 Å². The Morgan fingerprint density at radius 1 is 1.83 bits per heavy atom. The summed E-state index contributed by atoms with van der Waals surface area (Å²) >= 11 is 1.66. The highest BCUT2D eigenvalue weighted by molar-refractivity contribution is 7.09. The maximum atomic E-state index is 4.05. The molecule has 0 aliphatic carbocycles. The molecule has 12 heavy (non-hydrogen) atoms. The molecule has 3 heteroatoms. The molecule has 1 aromatic rings. The zero-order chi connectivity index (χ0) is 8.97. The van der Waals surface area contributed by atoms with Crippen LogP contribution < -0.4 is 5.32 Å². The Kier molecular flexibility index (Phi) is 3.44. The van der Waals surface area contributed by atoms with E-state index in [2.05, 4.69) is 23.8 Å².